The lowest BCUT2D eigenvalue weighted by atomic mass is 9.55. The molecule has 1 fully saturated rings. The molecule has 13 heteroatoms. The first-order valence-corrected chi connectivity index (χ1v) is 20.7. The maximum atomic E-state index is 14.5. The van der Waals surface area contributed by atoms with Crippen LogP contribution in [0.5, 0.6) is 23.0 Å². The summed E-state index contributed by atoms with van der Waals surface area (Å²) >= 11 is 6.08. The third-order valence-electron chi connectivity index (χ3n) is 11.6. The second-order valence-corrected chi connectivity index (χ2v) is 15.6. The highest BCUT2D eigenvalue weighted by Crippen LogP contribution is 2.62. The van der Waals surface area contributed by atoms with Crippen LogP contribution in [-0.4, -0.2) is 83.0 Å². The number of carbonyl (C=O) groups is 1. The van der Waals surface area contributed by atoms with Gasteiger partial charge in [-0.1, -0.05) is 66.5 Å². The first-order valence-electron chi connectivity index (χ1n) is 20.2. The van der Waals surface area contributed by atoms with Gasteiger partial charge in [-0.2, -0.15) is 0 Å². The molecule has 310 valence electrons. The number of ether oxygens (including phenoxy) is 5. The van der Waals surface area contributed by atoms with Crippen LogP contribution in [0.15, 0.2) is 96.2 Å². The molecule has 2 aliphatic carbocycles. The van der Waals surface area contributed by atoms with Crippen molar-refractivity contribution >= 4 is 23.4 Å². The van der Waals surface area contributed by atoms with Gasteiger partial charge in [-0.25, -0.2) is 4.79 Å². The Bertz CT molecular complexity index is 1940. The zero-order chi connectivity index (χ0) is 40.5. The molecule has 0 saturated heterocycles. The van der Waals surface area contributed by atoms with Gasteiger partial charge in [0.25, 0.3) is 0 Å². The Labute approximate surface area is 344 Å². The van der Waals surface area contributed by atoms with Gasteiger partial charge < -0.3 is 43.8 Å². The number of phenolic OH excluding ortho intramolecular Hbond substituents is 1. The number of oxime groups is 1. The number of unbranched alkanes of at least 4 members (excludes halogenated alkanes) is 2. The van der Waals surface area contributed by atoms with Crippen molar-refractivity contribution in [2.45, 2.75) is 75.8 Å². The standard InChI is InChI=1S/C45H53ClN2O10/c1-2-21-56-45-41(48(44(52)53-22-18-46)27-31-14-16-39-40(23-31)55-29-54-39)26-37(47-57-28-30-10-4-3-5-11-30)35-24-32(12-6-8-19-49)34(13-7-9-20-50)42(43(35)45)36-25-33(51)15-17-38(36)58-45/h2-5,10-11,14-17,23-25,32,34,41-43,49-51H,1,6-9,12-13,18-22,26-29H2/t32-,34+,41-,42+,43+,45+/m0/s1. The van der Waals surface area contributed by atoms with Gasteiger partial charge in [0.1, 0.15) is 30.8 Å². The maximum absolute atomic E-state index is 14.5. The first-order chi connectivity index (χ1) is 28.4. The smallest absolute Gasteiger partial charge is 0.410 e. The number of fused-ring (bicyclic) bond motifs is 3. The van der Waals surface area contributed by atoms with Gasteiger partial charge in [-0.05, 0) is 84.6 Å². The number of allylic oxidation sites excluding steroid dienone is 1. The molecule has 1 saturated carbocycles. The minimum atomic E-state index is -1.51. The second kappa shape index (κ2) is 19.3. The number of rotatable bonds is 19. The fourth-order valence-electron chi connectivity index (χ4n) is 9.16. The highest BCUT2D eigenvalue weighted by atomic mass is 35.5. The minimum absolute atomic E-state index is 0.00546. The van der Waals surface area contributed by atoms with Gasteiger partial charge in [-0.15, -0.1) is 18.2 Å². The molecule has 0 unspecified atom stereocenters. The number of hydrogen-bond acceptors (Lipinski definition) is 11. The Morgan fingerprint density at radius 2 is 1.74 bits per heavy atom. The summed E-state index contributed by atoms with van der Waals surface area (Å²) < 4.78 is 31.3. The third-order valence-corrected chi connectivity index (χ3v) is 11.8. The van der Waals surface area contributed by atoms with E-state index in [0.717, 1.165) is 47.9 Å². The zero-order valence-corrected chi connectivity index (χ0v) is 33.4. The van der Waals surface area contributed by atoms with E-state index in [-0.39, 0.29) is 82.2 Å². The summed E-state index contributed by atoms with van der Waals surface area (Å²) in [7, 11) is 0. The fraction of sp³-hybridized carbons (Fsp3) is 0.467. The van der Waals surface area contributed by atoms with Gasteiger partial charge in [0.15, 0.2) is 11.5 Å². The average Bonchev–Trinajstić information content (AvgIpc) is 3.71. The lowest BCUT2D eigenvalue weighted by Crippen LogP contribution is -2.70. The van der Waals surface area contributed by atoms with Crippen LogP contribution in [0.2, 0.25) is 0 Å². The average molecular weight is 817 g/mol. The summed E-state index contributed by atoms with van der Waals surface area (Å²) in [6.07, 6.45) is 7.93. The van der Waals surface area contributed by atoms with Crippen molar-refractivity contribution in [3.05, 3.63) is 108 Å². The van der Waals surface area contributed by atoms with Crippen molar-refractivity contribution < 1.29 is 48.6 Å². The number of amides is 1. The molecule has 1 amide bonds. The van der Waals surface area contributed by atoms with Crippen LogP contribution in [0.3, 0.4) is 0 Å². The van der Waals surface area contributed by atoms with E-state index in [2.05, 4.69) is 12.7 Å². The SMILES string of the molecule is C=CCO[C@@]12Oc3ccc(O)cc3[C@H]3[C@H](CCCCO)[C@@H](CCCCO)C=C(C(=NOCc4ccccc4)C[C@@H]1N(Cc1ccc4c(c1)OCO4)C(=O)OCCCl)[C@H]32. The topological polar surface area (TPSA) is 149 Å². The van der Waals surface area contributed by atoms with Crippen LogP contribution >= 0.6 is 11.6 Å². The monoisotopic (exact) mass is 816 g/mol. The Balaban J connectivity index is 1.43. The number of carbonyl (C=O) groups excluding carboxylic acids is 1. The number of alkyl halides is 1. The Morgan fingerprint density at radius 1 is 0.966 bits per heavy atom. The number of aromatic hydroxyl groups is 1. The van der Waals surface area contributed by atoms with Crippen molar-refractivity contribution in [2.75, 3.05) is 39.1 Å². The molecule has 7 rings (SSSR count). The molecular weight excluding hydrogens is 764 g/mol. The van der Waals surface area contributed by atoms with E-state index in [1.165, 1.54) is 0 Å². The molecule has 2 heterocycles. The predicted octanol–water partition coefficient (Wildman–Crippen LogP) is 7.83. The van der Waals surface area contributed by atoms with E-state index in [4.69, 9.17) is 45.3 Å². The van der Waals surface area contributed by atoms with Gasteiger partial charge in [0, 0.05) is 37.7 Å². The molecule has 0 radical (unpaired) electrons. The summed E-state index contributed by atoms with van der Waals surface area (Å²) in [6.45, 7) is 4.65. The van der Waals surface area contributed by atoms with Crippen molar-refractivity contribution in [2.24, 2.45) is 22.9 Å². The highest BCUT2D eigenvalue weighted by Gasteiger charge is 2.65. The van der Waals surface area contributed by atoms with E-state index in [9.17, 15) is 20.1 Å². The number of aliphatic hydroxyl groups excluding tert-OH is 2. The summed E-state index contributed by atoms with van der Waals surface area (Å²) in [5.74, 6) is -0.364. The molecule has 0 aromatic heterocycles. The van der Waals surface area contributed by atoms with Crippen molar-refractivity contribution in [3.8, 4) is 23.0 Å². The molecule has 4 aliphatic rings. The second-order valence-electron chi connectivity index (χ2n) is 15.2. The molecule has 3 aromatic carbocycles. The molecule has 3 aromatic rings. The maximum Gasteiger partial charge on any atom is 0.410 e. The number of aliphatic hydroxyl groups is 2. The van der Waals surface area contributed by atoms with Crippen molar-refractivity contribution in [1.29, 1.82) is 0 Å². The quantitative estimate of drug-likeness (QED) is 0.0473. The van der Waals surface area contributed by atoms with Crippen LogP contribution in [0.4, 0.5) is 4.79 Å². The van der Waals surface area contributed by atoms with Crippen LogP contribution in [0.25, 0.3) is 0 Å². The summed E-state index contributed by atoms with van der Waals surface area (Å²) in [5.41, 5.74) is 4.06. The number of halogens is 1. The Morgan fingerprint density at radius 3 is 2.52 bits per heavy atom. The zero-order valence-electron chi connectivity index (χ0n) is 32.7. The molecule has 12 nitrogen and oxygen atoms in total. The Kier molecular flexibility index (Phi) is 13.8. The van der Waals surface area contributed by atoms with Gasteiger partial charge in [-0.3, -0.25) is 4.90 Å². The summed E-state index contributed by atoms with van der Waals surface area (Å²) in [4.78, 5) is 22.3. The highest BCUT2D eigenvalue weighted by molar-refractivity contribution is 6.18. The first kappa shape index (κ1) is 41.4. The van der Waals surface area contributed by atoms with E-state index < -0.39 is 23.8 Å². The summed E-state index contributed by atoms with van der Waals surface area (Å²) in [5, 5.41) is 35.6. The van der Waals surface area contributed by atoms with Crippen molar-refractivity contribution in [3.63, 3.8) is 0 Å². The van der Waals surface area contributed by atoms with E-state index in [0.29, 0.717) is 35.8 Å². The minimum Gasteiger partial charge on any atom is -0.508 e. The lowest BCUT2D eigenvalue weighted by molar-refractivity contribution is -0.256. The van der Waals surface area contributed by atoms with E-state index in [1.807, 2.05) is 48.5 Å². The van der Waals surface area contributed by atoms with E-state index >= 15 is 0 Å². The van der Waals surface area contributed by atoms with Crippen molar-refractivity contribution in [1.82, 2.24) is 4.90 Å². The fourth-order valence-corrected chi connectivity index (χ4v) is 9.24. The Hall–Kier alpha value is -4.75. The lowest BCUT2D eigenvalue weighted by Gasteiger charge is -2.59. The van der Waals surface area contributed by atoms with Crippen LogP contribution in [0.1, 0.15) is 67.6 Å². The number of phenols is 1. The number of nitrogens with zero attached hydrogens (tertiary/aromatic N) is 2. The summed E-state index contributed by atoms with van der Waals surface area (Å²) in [6, 6.07) is 19.6. The van der Waals surface area contributed by atoms with Crippen LogP contribution in [0, 0.1) is 17.8 Å². The van der Waals surface area contributed by atoms with Gasteiger partial charge in [0.05, 0.1) is 24.1 Å². The third kappa shape index (κ3) is 8.80. The van der Waals surface area contributed by atoms with E-state index in [1.54, 1.807) is 29.2 Å². The molecule has 58 heavy (non-hydrogen) atoms. The predicted molar refractivity (Wildman–Crippen MR) is 218 cm³/mol. The van der Waals surface area contributed by atoms with Gasteiger partial charge >= 0.3 is 6.09 Å². The molecule has 2 aliphatic heterocycles. The largest absolute Gasteiger partial charge is 0.508 e. The normalized spacial score (nSPS) is 24.6. The number of hydrogen-bond donors (Lipinski definition) is 3. The molecule has 6 atom stereocenters. The van der Waals surface area contributed by atoms with Crippen LogP contribution < -0.4 is 14.2 Å². The van der Waals surface area contributed by atoms with Crippen LogP contribution in [-0.2, 0) is 27.5 Å². The molecule has 3 N–H and O–H groups in total. The van der Waals surface area contributed by atoms with Gasteiger partial charge in [0.2, 0.25) is 12.6 Å². The molecule has 0 spiro atoms. The molecule has 0 bridgehead atoms. The number of benzene rings is 3. The molecular formula is C45H53ClN2O10.